The number of nitrogens with one attached hydrogen (secondary N) is 2. The first-order valence-corrected chi connectivity index (χ1v) is 11.8. The second kappa shape index (κ2) is 8.77. The summed E-state index contributed by atoms with van der Waals surface area (Å²) in [5, 5.41) is 7.47. The van der Waals surface area contributed by atoms with Crippen LogP contribution in [0.4, 0.5) is 5.82 Å². The van der Waals surface area contributed by atoms with Gasteiger partial charge >= 0.3 is 0 Å². The second-order valence-corrected chi connectivity index (χ2v) is 10.6. The summed E-state index contributed by atoms with van der Waals surface area (Å²) in [7, 11) is 0. The number of thiophene rings is 1. The predicted molar refractivity (Wildman–Crippen MR) is 121 cm³/mol. The fraction of sp³-hybridized carbons (Fsp3) is 0.682. The highest BCUT2D eigenvalue weighted by molar-refractivity contribution is 7.19. The molecule has 0 radical (unpaired) electrons. The van der Waals surface area contributed by atoms with E-state index in [0.717, 1.165) is 61.0 Å². The first kappa shape index (κ1) is 21.5. The fourth-order valence-corrected chi connectivity index (χ4v) is 5.57. The van der Waals surface area contributed by atoms with E-state index in [2.05, 4.69) is 22.5 Å². The molecule has 1 amide bonds. The molecule has 164 valence electrons. The number of ether oxygens (including phenoxy) is 1. The van der Waals surface area contributed by atoms with Gasteiger partial charge in [0.05, 0.1) is 31.7 Å². The number of rotatable bonds is 5. The molecule has 1 fully saturated rings. The molecular formula is C22H33N5O2S. The Morgan fingerprint density at radius 1 is 1.27 bits per heavy atom. The van der Waals surface area contributed by atoms with Crippen molar-refractivity contribution in [2.45, 2.75) is 59.0 Å². The molecule has 4 rings (SSSR count). The predicted octanol–water partition coefficient (Wildman–Crippen LogP) is 2.97. The number of aromatic nitrogens is 2. The van der Waals surface area contributed by atoms with Crippen LogP contribution in [-0.4, -0.2) is 59.2 Å². The number of fused-ring (bicyclic) bond motifs is 3. The van der Waals surface area contributed by atoms with Crippen molar-refractivity contribution < 1.29 is 9.53 Å². The molecule has 3 heterocycles. The molecule has 0 bridgehead atoms. The number of hydrogen-bond acceptors (Lipinski definition) is 7. The summed E-state index contributed by atoms with van der Waals surface area (Å²) in [4.78, 5) is 27.0. The third kappa shape index (κ3) is 5.10. The van der Waals surface area contributed by atoms with Crippen LogP contribution < -0.4 is 10.6 Å². The van der Waals surface area contributed by atoms with Gasteiger partial charge in [0.15, 0.2) is 0 Å². The number of hydrogen-bond donors (Lipinski definition) is 2. The van der Waals surface area contributed by atoms with Crippen LogP contribution in [0, 0.1) is 5.92 Å². The van der Waals surface area contributed by atoms with Crippen molar-refractivity contribution in [1.82, 2.24) is 20.2 Å². The normalized spacial score (nSPS) is 20.2. The van der Waals surface area contributed by atoms with E-state index in [1.165, 1.54) is 16.9 Å². The summed E-state index contributed by atoms with van der Waals surface area (Å²) in [6, 6.07) is 0. The summed E-state index contributed by atoms with van der Waals surface area (Å²) < 4.78 is 5.46. The molecule has 1 aliphatic heterocycles. The Hall–Kier alpha value is -1.77. The molecule has 30 heavy (non-hydrogen) atoms. The number of anilines is 1. The maximum absolute atomic E-state index is 12.4. The molecule has 0 spiro atoms. The van der Waals surface area contributed by atoms with Crippen LogP contribution in [0.2, 0.25) is 0 Å². The smallest absolute Gasteiger partial charge is 0.239 e. The zero-order chi connectivity index (χ0) is 21.3. The molecule has 7 nitrogen and oxygen atoms in total. The summed E-state index contributed by atoms with van der Waals surface area (Å²) >= 11 is 1.80. The molecule has 0 saturated carbocycles. The minimum Gasteiger partial charge on any atom is -0.379 e. The molecule has 1 aliphatic carbocycles. The van der Waals surface area contributed by atoms with Crippen LogP contribution in [0.15, 0.2) is 0 Å². The Balaban J connectivity index is 1.63. The zero-order valence-corrected chi connectivity index (χ0v) is 19.3. The topological polar surface area (TPSA) is 79.4 Å². The lowest BCUT2D eigenvalue weighted by Crippen LogP contribution is -2.43. The molecule has 2 aromatic heterocycles. The van der Waals surface area contributed by atoms with Crippen LogP contribution in [0.3, 0.4) is 0 Å². The van der Waals surface area contributed by atoms with Gasteiger partial charge in [-0.15, -0.1) is 11.3 Å². The van der Waals surface area contributed by atoms with Crippen molar-refractivity contribution in [2.24, 2.45) is 5.92 Å². The molecule has 0 aromatic carbocycles. The molecule has 2 aromatic rings. The van der Waals surface area contributed by atoms with E-state index in [0.29, 0.717) is 12.5 Å². The van der Waals surface area contributed by atoms with Crippen LogP contribution >= 0.6 is 11.3 Å². The van der Waals surface area contributed by atoms with E-state index in [-0.39, 0.29) is 18.0 Å². The maximum atomic E-state index is 12.4. The zero-order valence-electron chi connectivity index (χ0n) is 18.5. The number of amides is 1. The van der Waals surface area contributed by atoms with E-state index in [1.54, 1.807) is 11.3 Å². The summed E-state index contributed by atoms with van der Waals surface area (Å²) in [5.74, 6) is 2.30. The van der Waals surface area contributed by atoms with Gasteiger partial charge in [-0.1, -0.05) is 6.92 Å². The minimum absolute atomic E-state index is 0.0262. The summed E-state index contributed by atoms with van der Waals surface area (Å²) in [5.41, 5.74) is 1.13. The second-order valence-electron chi connectivity index (χ2n) is 9.56. The molecule has 2 aliphatic rings. The van der Waals surface area contributed by atoms with Gasteiger partial charge < -0.3 is 15.4 Å². The van der Waals surface area contributed by atoms with Gasteiger partial charge in [0, 0.05) is 23.5 Å². The largest absolute Gasteiger partial charge is 0.379 e. The van der Waals surface area contributed by atoms with Crippen LogP contribution in [0.5, 0.6) is 0 Å². The number of aryl methyl sites for hydroxylation is 1. The van der Waals surface area contributed by atoms with Gasteiger partial charge in [-0.2, -0.15) is 0 Å². The van der Waals surface area contributed by atoms with Gasteiger partial charge in [0.2, 0.25) is 5.91 Å². The molecule has 8 heteroatoms. The Kier molecular flexibility index (Phi) is 6.27. The Bertz CT molecular complexity index is 914. The lowest BCUT2D eigenvalue weighted by Gasteiger charge is -2.26. The van der Waals surface area contributed by atoms with Crippen molar-refractivity contribution in [2.75, 3.05) is 38.2 Å². The van der Waals surface area contributed by atoms with Crippen molar-refractivity contribution in [3.63, 3.8) is 0 Å². The van der Waals surface area contributed by atoms with E-state index < -0.39 is 0 Å². The number of nitrogens with zero attached hydrogens (tertiary/aromatic N) is 3. The van der Waals surface area contributed by atoms with Gasteiger partial charge in [-0.25, -0.2) is 9.97 Å². The van der Waals surface area contributed by atoms with Gasteiger partial charge in [-0.3, -0.25) is 9.69 Å². The number of carbonyl (C=O) groups is 1. The number of carbonyl (C=O) groups excluding carboxylic acids is 1. The quantitative estimate of drug-likeness (QED) is 0.758. The van der Waals surface area contributed by atoms with Gasteiger partial charge in [0.25, 0.3) is 0 Å². The molecule has 1 atom stereocenters. The summed E-state index contributed by atoms with van der Waals surface area (Å²) in [6.07, 6.45) is 3.36. The Morgan fingerprint density at radius 2 is 2.03 bits per heavy atom. The van der Waals surface area contributed by atoms with E-state index in [4.69, 9.17) is 14.7 Å². The van der Waals surface area contributed by atoms with Crippen LogP contribution in [-0.2, 0) is 28.9 Å². The molecule has 1 saturated heterocycles. The number of morpholine rings is 1. The highest BCUT2D eigenvalue weighted by Crippen LogP contribution is 2.40. The SMILES string of the molecule is C[C@@H]1CCc2c(sc3nc(CN4CCOCC4)nc(NCC(=O)NC(C)(C)C)c23)C1. The standard InChI is InChI=1S/C22H33N5O2S/c1-14-5-6-15-16(11-14)30-21-19(15)20(23-12-18(28)26-22(2,3)4)24-17(25-21)13-27-7-9-29-10-8-27/h14H,5-13H2,1-4H3,(H,26,28)(H,23,24,25)/t14-/m1/s1. The highest BCUT2D eigenvalue weighted by atomic mass is 32.1. The monoisotopic (exact) mass is 431 g/mol. The fourth-order valence-electron chi connectivity index (χ4n) is 4.17. The lowest BCUT2D eigenvalue weighted by molar-refractivity contribution is -0.120. The van der Waals surface area contributed by atoms with Gasteiger partial charge in [0.1, 0.15) is 16.5 Å². The van der Waals surface area contributed by atoms with E-state index in [1.807, 2.05) is 20.8 Å². The first-order chi connectivity index (χ1) is 14.3. The molecular weight excluding hydrogens is 398 g/mol. The Morgan fingerprint density at radius 3 is 2.77 bits per heavy atom. The average molecular weight is 432 g/mol. The van der Waals surface area contributed by atoms with Crippen molar-refractivity contribution in [3.05, 3.63) is 16.3 Å². The van der Waals surface area contributed by atoms with Crippen molar-refractivity contribution in [3.8, 4) is 0 Å². The van der Waals surface area contributed by atoms with Crippen LogP contribution in [0.25, 0.3) is 10.2 Å². The van der Waals surface area contributed by atoms with E-state index in [9.17, 15) is 4.79 Å². The maximum Gasteiger partial charge on any atom is 0.239 e. The van der Waals surface area contributed by atoms with Crippen LogP contribution in [0.1, 0.15) is 50.4 Å². The van der Waals surface area contributed by atoms with E-state index >= 15 is 0 Å². The Labute approximate surface area is 182 Å². The van der Waals surface area contributed by atoms with Crippen molar-refractivity contribution in [1.29, 1.82) is 0 Å². The average Bonchev–Trinajstić information content (AvgIpc) is 3.03. The highest BCUT2D eigenvalue weighted by Gasteiger charge is 2.25. The molecule has 0 unspecified atom stereocenters. The minimum atomic E-state index is -0.251. The summed E-state index contributed by atoms with van der Waals surface area (Å²) in [6.45, 7) is 12.5. The third-order valence-electron chi connectivity index (χ3n) is 5.60. The lowest BCUT2D eigenvalue weighted by atomic mass is 9.89. The first-order valence-electron chi connectivity index (χ1n) is 10.9. The van der Waals surface area contributed by atoms with Gasteiger partial charge in [-0.05, 0) is 51.5 Å². The molecule has 2 N–H and O–H groups in total. The third-order valence-corrected chi connectivity index (χ3v) is 6.75. The van der Waals surface area contributed by atoms with Crippen molar-refractivity contribution >= 4 is 33.3 Å².